The van der Waals surface area contributed by atoms with E-state index in [1.54, 1.807) is 61.9 Å². The van der Waals surface area contributed by atoms with E-state index in [1.807, 2.05) is 6.07 Å². The number of carbonyl (C=O) groups is 1. The highest BCUT2D eigenvalue weighted by atomic mass is 19.1. The molecule has 0 saturated heterocycles. The van der Waals surface area contributed by atoms with Crippen molar-refractivity contribution in [2.24, 2.45) is 0 Å². The molecule has 8 heteroatoms. The van der Waals surface area contributed by atoms with Gasteiger partial charge in [0, 0.05) is 17.5 Å². The minimum atomic E-state index is -0.432. The zero-order valence-electron chi connectivity index (χ0n) is 18.7. The van der Waals surface area contributed by atoms with Crippen LogP contribution in [0.2, 0.25) is 0 Å². The Hall–Kier alpha value is -3.94. The van der Waals surface area contributed by atoms with Gasteiger partial charge in [0.15, 0.2) is 0 Å². The van der Waals surface area contributed by atoms with E-state index in [4.69, 9.17) is 9.47 Å². The molecular weight excluding hydrogens is 425 g/mol. The molecule has 4 rings (SSSR count). The summed E-state index contributed by atoms with van der Waals surface area (Å²) < 4.78 is 28.0. The number of nitrogens with zero attached hydrogens (tertiary/aromatic N) is 3. The van der Waals surface area contributed by atoms with Gasteiger partial charge >= 0.3 is 5.97 Å². The van der Waals surface area contributed by atoms with Gasteiger partial charge in [0.05, 0.1) is 37.9 Å². The lowest BCUT2D eigenvalue weighted by Crippen LogP contribution is -2.23. The second-order valence-electron chi connectivity index (χ2n) is 7.56. The summed E-state index contributed by atoms with van der Waals surface area (Å²) >= 11 is 0. The number of halogens is 1. The standard InChI is InChI=1S/C25H24FN3O4/c1-4-33-22(30)13-19-15-29-24(31)23(17-9-7-10-20(12-17)32-3)16(2)28(25(29)27-19)14-18-8-5-6-11-21(18)26/h5-12,15H,4,13-14H2,1-3H3. The third-order valence-corrected chi connectivity index (χ3v) is 5.45. The number of rotatable bonds is 7. The Kier molecular flexibility index (Phi) is 6.26. The summed E-state index contributed by atoms with van der Waals surface area (Å²) in [6.07, 6.45) is 1.47. The van der Waals surface area contributed by atoms with Gasteiger partial charge in [-0.2, -0.15) is 0 Å². The minimum absolute atomic E-state index is 0.0673. The molecule has 2 heterocycles. The molecule has 7 nitrogen and oxygen atoms in total. The number of fused-ring (bicyclic) bond motifs is 1. The van der Waals surface area contributed by atoms with E-state index in [2.05, 4.69) is 4.98 Å². The molecule has 2 aromatic carbocycles. The van der Waals surface area contributed by atoms with E-state index >= 15 is 0 Å². The molecule has 0 aliphatic rings. The predicted octanol–water partition coefficient (Wildman–Crippen LogP) is 3.77. The van der Waals surface area contributed by atoms with Crippen LogP contribution in [-0.4, -0.2) is 33.6 Å². The number of hydrogen-bond donors (Lipinski definition) is 0. The van der Waals surface area contributed by atoms with Crippen molar-refractivity contribution in [1.29, 1.82) is 0 Å². The number of ether oxygens (including phenoxy) is 2. The van der Waals surface area contributed by atoms with Crippen LogP contribution in [0, 0.1) is 12.7 Å². The lowest BCUT2D eigenvalue weighted by Gasteiger charge is -2.17. The summed E-state index contributed by atoms with van der Waals surface area (Å²) in [4.78, 5) is 30.1. The van der Waals surface area contributed by atoms with Gasteiger partial charge < -0.3 is 14.0 Å². The fraction of sp³-hybridized carbons (Fsp3) is 0.240. The second-order valence-corrected chi connectivity index (χ2v) is 7.56. The van der Waals surface area contributed by atoms with Gasteiger partial charge in [0.25, 0.3) is 5.56 Å². The summed E-state index contributed by atoms with van der Waals surface area (Å²) in [5, 5.41) is 0. The Bertz CT molecular complexity index is 1390. The fourth-order valence-corrected chi connectivity index (χ4v) is 3.86. The van der Waals surface area contributed by atoms with Gasteiger partial charge in [-0.15, -0.1) is 0 Å². The first-order valence-electron chi connectivity index (χ1n) is 10.6. The van der Waals surface area contributed by atoms with Crippen LogP contribution in [-0.2, 0) is 22.5 Å². The Balaban J connectivity index is 1.95. The number of carbonyl (C=O) groups excluding carboxylic acids is 1. The lowest BCUT2D eigenvalue weighted by atomic mass is 10.0. The van der Waals surface area contributed by atoms with Crippen LogP contribution in [0.4, 0.5) is 4.39 Å². The van der Waals surface area contributed by atoms with Crippen LogP contribution in [0.15, 0.2) is 59.5 Å². The van der Waals surface area contributed by atoms with Crippen LogP contribution < -0.4 is 10.3 Å². The average Bonchev–Trinajstić information content (AvgIpc) is 3.22. The topological polar surface area (TPSA) is 74.8 Å². The first kappa shape index (κ1) is 22.3. The molecule has 33 heavy (non-hydrogen) atoms. The van der Waals surface area contributed by atoms with E-state index in [1.165, 1.54) is 16.7 Å². The summed E-state index contributed by atoms with van der Waals surface area (Å²) in [7, 11) is 1.56. The number of esters is 1. The summed E-state index contributed by atoms with van der Waals surface area (Å²) in [5.41, 5.74) is 2.30. The SMILES string of the molecule is CCOC(=O)Cc1cn2c(=O)c(-c3cccc(OC)c3)c(C)n(Cc3ccccc3F)c2n1. The molecule has 2 aromatic heterocycles. The highest BCUT2D eigenvalue weighted by Crippen LogP contribution is 2.26. The zero-order chi connectivity index (χ0) is 23.5. The smallest absolute Gasteiger partial charge is 0.311 e. The van der Waals surface area contributed by atoms with Crippen LogP contribution in [0.25, 0.3) is 16.9 Å². The molecule has 0 N–H and O–H groups in total. The molecule has 0 unspecified atom stereocenters. The van der Waals surface area contributed by atoms with Crippen LogP contribution in [0.5, 0.6) is 5.75 Å². The predicted molar refractivity (Wildman–Crippen MR) is 122 cm³/mol. The molecule has 0 bridgehead atoms. The van der Waals surface area contributed by atoms with Crippen molar-refractivity contribution < 1.29 is 18.7 Å². The largest absolute Gasteiger partial charge is 0.497 e. The summed E-state index contributed by atoms with van der Waals surface area (Å²) in [6, 6.07) is 13.7. The van der Waals surface area contributed by atoms with Gasteiger partial charge in [0.1, 0.15) is 11.6 Å². The van der Waals surface area contributed by atoms with Crippen molar-refractivity contribution in [2.45, 2.75) is 26.8 Å². The molecule has 0 radical (unpaired) electrons. The average molecular weight is 449 g/mol. The van der Waals surface area contributed by atoms with Crippen LogP contribution in [0.3, 0.4) is 0 Å². The van der Waals surface area contributed by atoms with Crippen molar-refractivity contribution in [2.75, 3.05) is 13.7 Å². The van der Waals surface area contributed by atoms with Crippen molar-refractivity contribution in [3.8, 4) is 16.9 Å². The Labute approximate surface area is 190 Å². The van der Waals surface area contributed by atoms with E-state index < -0.39 is 5.97 Å². The third-order valence-electron chi connectivity index (χ3n) is 5.45. The van der Waals surface area contributed by atoms with Crippen molar-refractivity contribution in [1.82, 2.24) is 14.0 Å². The zero-order valence-corrected chi connectivity index (χ0v) is 18.7. The normalized spacial score (nSPS) is 11.0. The van der Waals surface area contributed by atoms with Crippen LogP contribution in [0.1, 0.15) is 23.9 Å². The van der Waals surface area contributed by atoms with Gasteiger partial charge in [0.2, 0.25) is 5.78 Å². The highest BCUT2D eigenvalue weighted by Gasteiger charge is 2.20. The Morgan fingerprint density at radius 2 is 1.94 bits per heavy atom. The summed E-state index contributed by atoms with van der Waals surface area (Å²) in [6.45, 7) is 3.95. The van der Waals surface area contributed by atoms with Gasteiger partial charge in [-0.3, -0.25) is 14.0 Å². The number of hydrogen-bond acceptors (Lipinski definition) is 5. The number of aromatic nitrogens is 3. The van der Waals surface area contributed by atoms with E-state index in [0.717, 1.165) is 0 Å². The van der Waals surface area contributed by atoms with E-state index in [9.17, 15) is 14.0 Å². The highest BCUT2D eigenvalue weighted by molar-refractivity contribution is 5.72. The number of methoxy groups -OCH3 is 1. The molecule has 0 saturated carbocycles. The van der Waals surface area contributed by atoms with E-state index in [0.29, 0.717) is 39.6 Å². The van der Waals surface area contributed by atoms with Gasteiger partial charge in [-0.05, 0) is 37.6 Å². The van der Waals surface area contributed by atoms with Crippen molar-refractivity contribution >= 4 is 11.7 Å². The van der Waals surface area contributed by atoms with Crippen LogP contribution >= 0.6 is 0 Å². The number of benzene rings is 2. The Morgan fingerprint density at radius 1 is 1.15 bits per heavy atom. The molecule has 170 valence electrons. The maximum atomic E-state index is 14.5. The minimum Gasteiger partial charge on any atom is -0.497 e. The molecule has 0 amide bonds. The molecule has 0 aliphatic heterocycles. The quantitative estimate of drug-likeness (QED) is 0.402. The molecule has 0 atom stereocenters. The number of imidazole rings is 1. The third kappa shape index (κ3) is 4.37. The monoisotopic (exact) mass is 449 g/mol. The fourth-order valence-electron chi connectivity index (χ4n) is 3.86. The molecule has 0 fully saturated rings. The Morgan fingerprint density at radius 3 is 2.67 bits per heavy atom. The lowest BCUT2D eigenvalue weighted by molar-refractivity contribution is -0.142. The molecular formula is C25H24FN3O4. The molecule has 4 aromatic rings. The van der Waals surface area contributed by atoms with Crippen molar-refractivity contribution in [3.63, 3.8) is 0 Å². The van der Waals surface area contributed by atoms with Gasteiger partial charge in [-0.1, -0.05) is 30.3 Å². The van der Waals surface area contributed by atoms with Crippen molar-refractivity contribution in [3.05, 3.63) is 87.9 Å². The first-order valence-corrected chi connectivity index (χ1v) is 10.6. The first-order chi connectivity index (χ1) is 15.9. The maximum absolute atomic E-state index is 14.5. The van der Waals surface area contributed by atoms with Gasteiger partial charge in [-0.25, -0.2) is 9.37 Å². The molecule has 0 spiro atoms. The maximum Gasteiger partial charge on any atom is 0.311 e. The molecule has 0 aliphatic carbocycles. The summed E-state index contributed by atoms with van der Waals surface area (Å²) in [5.74, 6) is 0.154. The second kappa shape index (κ2) is 9.28. The van der Waals surface area contributed by atoms with E-state index in [-0.39, 0.29) is 30.9 Å².